The molecule has 0 aliphatic carbocycles. The Hall–Kier alpha value is -5.16. The Labute approximate surface area is 243 Å². The Balaban J connectivity index is 1.23. The highest BCUT2D eigenvalue weighted by Crippen LogP contribution is 2.32. The Morgan fingerprint density at radius 2 is 1.83 bits per heavy atom. The van der Waals surface area contributed by atoms with Crippen molar-refractivity contribution in [1.29, 1.82) is 0 Å². The molecule has 3 aromatic carbocycles. The number of nitrogen functional groups attached to an aromatic ring is 1. The number of hydrogen-bond donors (Lipinski definition) is 3. The van der Waals surface area contributed by atoms with E-state index in [1.807, 2.05) is 60.7 Å². The Morgan fingerprint density at radius 3 is 2.64 bits per heavy atom. The van der Waals surface area contributed by atoms with Crippen LogP contribution in [0.5, 0.6) is 0 Å². The molecule has 42 heavy (non-hydrogen) atoms. The van der Waals surface area contributed by atoms with Gasteiger partial charge >= 0.3 is 0 Å². The van der Waals surface area contributed by atoms with Crippen molar-refractivity contribution in [2.24, 2.45) is 0 Å². The van der Waals surface area contributed by atoms with Gasteiger partial charge in [0.1, 0.15) is 17.7 Å². The zero-order valence-electron chi connectivity index (χ0n) is 22.4. The van der Waals surface area contributed by atoms with Crippen LogP contribution in [0.3, 0.4) is 0 Å². The van der Waals surface area contributed by atoms with E-state index in [2.05, 4.69) is 25.7 Å². The minimum Gasteiger partial charge on any atom is -0.383 e. The van der Waals surface area contributed by atoms with Gasteiger partial charge < -0.3 is 16.4 Å². The van der Waals surface area contributed by atoms with Crippen molar-refractivity contribution in [1.82, 2.24) is 25.1 Å². The van der Waals surface area contributed by atoms with Crippen LogP contribution in [0, 0.1) is 11.6 Å². The largest absolute Gasteiger partial charge is 0.383 e. The topological polar surface area (TPSA) is 111 Å². The molecule has 6 aromatic rings. The van der Waals surface area contributed by atoms with Crippen molar-refractivity contribution >= 4 is 39.8 Å². The first kappa shape index (κ1) is 27.0. The lowest BCUT2D eigenvalue weighted by Gasteiger charge is -2.14. The van der Waals surface area contributed by atoms with E-state index in [4.69, 9.17) is 5.73 Å². The average molecular weight is 582 g/mol. The maximum atomic E-state index is 13.8. The monoisotopic (exact) mass is 581 g/mol. The van der Waals surface area contributed by atoms with Gasteiger partial charge in [-0.1, -0.05) is 30.3 Å². The molecule has 210 valence electrons. The molecule has 3 heterocycles. The van der Waals surface area contributed by atoms with Crippen molar-refractivity contribution in [3.63, 3.8) is 0 Å². The number of nitrogens with zero attached hydrogens (tertiary/aromatic N) is 4. The molecule has 6 rings (SSSR count). The van der Waals surface area contributed by atoms with Gasteiger partial charge in [0, 0.05) is 21.3 Å². The van der Waals surface area contributed by atoms with E-state index >= 15 is 0 Å². The summed E-state index contributed by atoms with van der Waals surface area (Å²) < 4.78 is 28.8. The first-order chi connectivity index (χ1) is 20.4. The molecule has 0 radical (unpaired) electrons. The number of halogens is 2. The molecule has 1 amide bonds. The van der Waals surface area contributed by atoms with Gasteiger partial charge in [-0.25, -0.2) is 23.4 Å². The summed E-state index contributed by atoms with van der Waals surface area (Å²) in [5.74, 6) is -1.50. The number of nitrogens with two attached hydrogens (primary N) is 1. The molecule has 4 N–H and O–H groups in total. The molecule has 0 fully saturated rings. The van der Waals surface area contributed by atoms with Crippen LogP contribution in [0.1, 0.15) is 33.8 Å². The third kappa shape index (κ3) is 5.54. The van der Waals surface area contributed by atoms with Crippen LogP contribution in [0.15, 0.2) is 91.4 Å². The molecule has 0 aliphatic heterocycles. The van der Waals surface area contributed by atoms with E-state index in [0.717, 1.165) is 44.0 Å². The number of carbonyl (C=O) groups excluding carboxylic acids is 1. The molecule has 0 spiro atoms. The van der Waals surface area contributed by atoms with Crippen LogP contribution >= 0.6 is 11.3 Å². The highest BCUT2D eigenvalue weighted by molar-refractivity contribution is 7.15. The van der Waals surface area contributed by atoms with Crippen LogP contribution in [-0.4, -0.2) is 25.7 Å². The number of anilines is 2. The number of amides is 1. The molecule has 1 unspecified atom stereocenters. The van der Waals surface area contributed by atoms with Crippen LogP contribution in [0.25, 0.3) is 27.0 Å². The number of benzene rings is 3. The van der Waals surface area contributed by atoms with E-state index in [1.165, 1.54) is 12.4 Å². The first-order valence-corrected chi connectivity index (χ1v) is 13.9. The fourth-order valence-electron chi connectivity index (χ4n) is 4.55. The summed E-state index contributed by atoms with van der Waals surface area (Å²) in [5, 5.41) is 11.6. The maximum Gasteiger partial charge on any atom is 0.257 e. The van der Waals surface area contributed by atoms with Crippen LogP contribution < -0.4 is 16.4 Å². The van der Waals surface area contributed by atoms with Gasteiger partial charge in [-0.2, -0.15) is 0 Å². The average Bonchev–Trinajstić information content (AvgIpc) is 3.66. The van der Waals surface area contributed by atoms with Crippen molar-refractivity contribution in [3.8, 4) is 16.1 Å². The molecule has 0 saturated heterocycles. The quantitative estimate of drug-likeness (QED) is 0.189. The molecule has 1 atom stereocenters. The van der Waals surface area contributed by atoms with E-state index in [0.29, 0.717) is 29.3 Å². The molecular weight excluding hydrogens is 556 g/mol. The summed E-state index contributed by atoms with van der Waals surface area (Å²) >= 11 is 1.60. The summed E-state index contributed by atoms with van der Waals surface area (Å²) in [6.07, 6.45) is 3.09. The number of carbonyl (C=O) groups is 1. The lowest BCUT2D eigenvalue weighted by Crippen LogP contribution is -2.27. The van der Waals surface area contributed by atoms with Gasteiger partial charge in [-0.3, -0.25) is 4.79 Å². The van der Waals surface area contributed by atoms with Crippen LogP contribution in [-0.2, 0) is 6.54 Å². The van der Waals surface area contributed by atoms with Crippen molar-refractivity contribution < 1.29 is 13.6 Å². The van der Waals surface area contributed by atoms with Gasteiger partial charge in [0.25, 0.3) is 5.91 Å². The lowest BCUT2D eigenvalue weighted by molar-refractivity contribution is 0.0940. The number of aromatic nitrogens is 4. The zero-order chi connectivity index (χ0) is 29.2. The first-order valence-electron chi connectivity index (χ1n) is 13.1. The fourth-order valence-corrected chi connectivity index (χ4v) is 5.50. The predicted octanol–water partition coefficient (Wildman–Crippen LogP) is 6.51. The van der Waals surface area contributed by atoms with Crippen LogP contribution in [0.2, 0.25) is 0 Å². The SMILES string of the molecule is CC(NC(=O)c1cn(-c2ccccc2)nc1NCc1ccc(-c2ccc3ncnc(N)c3c2)s1)c1ccc(F)c(F)c1. The van der Waals surface area contributed by atoms with Crippen molar-refractivity contribution in [3.05, 3.63) is 119 Å². The Bertz CT molecular complexity index is 1900. The van der Waals surface area contributed by atoms with Crippen molar-refractivity contribution in [2.45, 2.75) is 19.5 Å². The zero-order valence-corrected chi connectivity index (χ0v) is 23.2. The molecule has 8 nitrogen and oxygen atoms in total. The molecule has 0 saturated carbocycles. The molecular formula is C31H25F2N7OS. The van der Waals surface area contributed by atoms with Gasteiger partial charge in [0.05, 0.1) is 23.8 Å². The highest BCUT2D eigenvalue weighted by atomic mass is 32.1. The second kappa shape index (κ2) is 11.4. The smallest absolute Gasteiger partial charge is 0.257 e. The third-order valence-electron chi connectivity index (χ3n) is 6.81. The third-order valence-corrected chi connectivity index (χ3v) is 7.95. The standard InChI is InChI=1S/C31H25F2N7OS/c1-18(19-7-10-25(32)26(33)14-19)38-31(41)24-16-40(21-5-3-2-4-6-21)39-30(24)35-15-22-9-12-28(42-22)20-8-11-27-23(13-20)29(34)37-17-36-27/h2-14,16-18H,15H2,1H3,(H,35,39)(H,38,41)(H2,34,36,37). The second-order valence-electron chi connectivity index (χ2n) is 9.65. The number of hydrogen-bond acceptors (Lipinski definition) is 7. The minimum absolute atomic E-state index is 0.315. The summed E-state index contributed by atoms with van der Waals surface area (Å²) in [6, 6.07) is 22.4. The number of nitrogens with one attached hydrogen (secondary N) is 2. The summed E-state index contributed by atoms with van der Waals surface area (Å²) in [5.41, 5.74) is 9.37. The van der Waals surface area contributed by atoms with Gasteiger partial charge in [0.15, 0.2) is 17.5 Å². The van der Waals surface area contributed by atoms with Crippen molar-refractivity contribution in [2.75, 3.05) is 11.1 Å². The Kier molecular flexibility index (Phi) is 7.32. The summed E-state index contributed by atoms with van der Waals surface area (Å²) in [4.78, 5) is 23.8. The summed E-state index contributed by atoms with van der Waals surface area (Å²) in [7, 11) is 0. The van der Waals surface area contributed by atoms with E-state index in [-0.39, 0.29) is 0 Å². The number of thiophene rings is 1. The number of para-hydroxylation sites is 1. The Morgan fingerprint density at radius 1 is 1.00 bits per heavy atom. The van der Waals surface area contributed by atoms with E-state index in [1.54, 1.807) is 29.1 Å². The molecule has 3 aromatic heterocycles. The number of rotatable bonds is 8. The molecule has 0 bridgehead atoms. The molecule has 0 aliphatic rings. The minimum atomic E-state index is -0.969. The van der Waals surface area contributed by atoms with Gasteiger partial charge in [-0.15, -0.1) is 16.4 Å². The molecule has 11 heteroatoms. The lowest BCUT2D eigenvalue weighted by atomic mass is 10.1. The highest BCUT2D eigenvalue weighted by Gasteiger charge is 2.20. The normalized spacial score (nSPS) is 11.9. The predicted molar refractivity (Wildman–Crippen MR) is 160 cm³/mol. The van der Waals surface area contributed by atoms with E-state index in [9.17, 15) is 13.6 Å². The summed E-state index contributed by atoms with van der Waals surface area (Å²) in [6.45, 7) is 2.13. The maximum absolute atomic E-state index is 13.8. The van der Waals surface area contributed by atoms with Gasteiger partial charge in [-0.05, 0) is 66.6 Å². The van der Waals surface area contributed by atoms with Crippen LogP contribution in [0.4, 0.5) is 20.4 Å². The van der Waals surface area contributed by atoms with E-state index < -0.39 is 23.6 Å². The second-order valence-corrected chi connectivity index (χ2v) is 10.8. The van der Waals surface area contributed by atoms with Gasteiger partial charge in [0.2, 0.25) is 0 Å². The number of fused-ring (bicyclic) bond motifs is 1. The fraction of sp³-hybridized carbons (Fsp3) is 0.0968.